The molecule has 154 valence electrons. The van der Waals surface area contributed by atoms with E-state index in [0.717, 1.165) is 31.1 Å². The van der Waals surface area contributed by atoms with E-state index in [4.69, 9.17) is 4.74 Å². The molecule has 7 heteroatoms. The van der Waals surface area contributed by atoms with Crippen LogP contribution in [0.2, 0.25) is 0 Å². The van der Waals surface area contributed by atoms with Crippen molar-refractivity contribution in [1.82, 2.24) is 19.4 Å². The van der Waals surface area contributed by atoms with Gasteiger partial charge >= 0.3 is 0 Å². The summed E-state index contributed by atoms with van der Waals surface area (Å²) in [6.45, 7) is 4.68. The second-order valence-electron chi connectivity index (χ2n) is 8.74. The third-order valence-electron chi connectivity index (χ3n) is 7.02. The van der Waals surface area contributed by atoms with Gasteiger partial charge in [-0.2, -0.15) is 0 Å². The lowest BCUT2D eigenvalue weighted by Gasteiger charge is -2.55. The molecule has 4 heterocycles. The largest absolute Gasteiger partial charge is 0.497 e. The summed E-state index contributed by atoms with van der Waals surface area (Å²) in [7, 11) is 1.72. The number of likely N-dealkylation sites (tertiary alicyclic amines) is 1. The number of ether oxygens (including phenoxy) is 1. The maximum absolute atomic E-state index is 13.0. The Labute approximate surface area is 176 Å². The molecule has 3 saturated heterocycles. The number of carbonyl (C=O) groups is 1. The van der Waals surface area contributed by atoms with Gasteiger partial charge in [-0.1, -0.05) is 16.6 Å². The summed E-state index contributed by atoms with van der Waals surface area (Å²) in [4.78, 5) is 18.6. The number of fused-ring (bicyclic) bond motifs is 4. The zero-order valence-electron chi connectivity index (χ0n) is 17.1. The molecule has 3 aliphatic rings. The van der Waals surface area contributed by atoms with Crippen molar-refractivity contribution in [2.75, 3.05) is 26.7 Å². The fourth-order valence-corrected chi connectivity index (χ4v) is 6.35. The molecule has 3 aliphatic heterocycles. The van der Waals surface area contributed by atoms with E-state index in [9.17, 15) is 4.79 Å². The Morgan fingerprint density at radius 1 is 1.17 bits per heavy atom. The lowest BCUT2D eigenvalue weighted by atomic mass is 9.74. The standard InChI is InChI=1S/C22H28N4O2S/c1-14-21(29-24-23-14)22(27)25-11-15-10-17(13-25)20-5-3-4-19(26(20)12-15)16-6-8-18(28-2)9-7-16/h6-9,15,17,19-20H,3-5,10-13H2,1-2H3/t15-,17+,19+,20-/m0/s1. The van der Waals surface area contributed by atoms with Crippen LogP contribution in [-0.2, 0) is 0 Å². The van der Waals surface area contributed by atoms with Gasteiger partial charge in [-0.25, -0.2) is 0 Å². The number of rotatable bonds is 3. The third kappa shape index (κ3) is 3.44. The quantitative estimate of drug-likeness (QED) is 0.772. The van der Waals surface area contributed by atoms with Crippen LogP contribution in [0.4, 0.5) is 0 Å². The molecule has 3 fully saturated rings. The Morgan fingerprint density at radius 3 is 2.72 bits per heavy atom. The first-order chi connectivity index (χ1) is 14.1. The summed E-state index contributed by atoms with van der Waals surface area (Å²) in [6, 6.07) is 9.67. The number of benzene rings is 1. The Kier molecular flexibility index (Phi) is 5.04. The van der Waals surface area contributed by atoms with Gasteiger partial charge in [0.05, 0.1) is 12.8 Å². The Balaban J connectivity index is 1.35. The number of nitrogens with zero attached hydrogens (tertiary/aromatic N) is 4. The zero-order valence-corrected chi connectivity index (χ0v) is 17.9. The number of aryl methyl sites for hydroxylation is 1. The predicted molar refractivity (Wildman–Crippen MR) is 112 cm³/mol. The maximum Gasteiger partial charge on any atom is 0.267 e. The highest BCUT2D eigenvalue weighted by atomic mass is 32.1. The van der Waals surface area contributed by atoms with Gasteiger partial charge in [0, 0.05) is 31.7 Å². The average Bonchev–Trinajstić information content (AvgIpc) is 3.18. The highest BCUT2D eigenvalue weighted by Gasteiger charge is 2.46. The second-order valence-corrected chi connectivity index (χ2v) is 9.50. The molecule has 6 nitrogen and oxygen atoms in total. The van der Waals surface area contributed by atoms with E-state index in [2.05, 4.69) is 43.7 Å². The van der Waals surface area contributed by atoms with Crippen LogP contribution >= 0.6 is 11.5 Å². The van der Waals surface area contributed by atoms with Gasteiger partial charge in [0.15, 0.2) is 0 Å². The number of amides is 1. The van der Waals surface area contributed by atoms with E-state index in [1.807, 2.05) is 6.92 Å². The highest BCUT2D eigenvalue weighted by Crippen LogP contribution is 2.44. The lowest BCUT2D eigenvalue weighted by Crippen LogP contribution is -2.60. The van der Waals surface area contributed by atoms with Gasteiger partial charge < -0.3 is 9.64 Å². The van der Waals surface area contributed by atoms with Crippen molar-refractivity contribution in [2.45, 2.75) is 44.7 Å². The molecule has 1 aromatic heterocycles. The molecule has 1 aromatic carbocycles. The third-order valence-corrected chi connectivity index (χ3v) is 7.84. The summed E-state index contributed by atoms with van der Waals surface area (Å²) in [6.07, 6.45) is 4.97. The molecule has 2 bridgehead atoms. The molecule has 0 saturated carbocycles. The number of hydrogen-bond donors (Lipinski definition) is 0. The summed E-state index contributed by atoms with van der Waals surface area (Å²) < 4.78 is 9.30. The zero-order chi connectivity index (χ0) is 20.0. The molecule has 29 heavy (non-hydrogen) atoms. The average molecular weight is 413 g/mol. The van der Waals surface area contributed by atoms with Crippen molar-refractivity contribution in [3.05, 3.63) is 40.4 Å². The molecule has 1 amide bonds. The highest BCUT2D eigenvalue weighted by molar-refractivity contribution is 7.07. The van der Waals surface area contributed by atoms with Gasteiger partial charge in [-0.15, -0.1) is 5.10 Å². The first kappa shape index (κ1) is 19.0. The molecule has 0 N–H and O–H groups in total. The summed E-state index contributed by atoms with van der Waals surface area (Å²) >= 11 is 1.23. The van der Waals surface area contributed by atoms with E-state index in [1.54, 1.807) is 7.11 Å². The fourth-order valence-electron chi connectivity index (χ4n) is 5.73. The van der Waals surface area contributed by atoms with Gasteiger partial charge in [0.25, 0.3) is 5.91 Å². The molecule has 0 radical (unpaired) electrons. The maximum atomic E-state index is 13.0. The van der Waals surface area contributed by atoms with Crippen molar-refractivity contribution < 1.29 is 9.53 Å². The van der Waals surface area contributed by atoms with Crippen LogP contribution in [0.5, 0.6) is 5.75 Å². The molecule has 5 rings (SSSR count). The number of hydrogen-bond acceptors (Lipinski definition) is 6. The number of methoxy groups -OCH3 is 1. The van der Waals surface area contributed by atoms with Crippen LogP contribution < -0.4 is 4.74 Å². The van der Waals surface area contributed by atoms with E-state index in [-0.39, 0.29) is 5.91 Å². The fraction of sp³-hybridized carbons (Fsp3) is 0.591. The van der Waals surface area contributed by atoms with Crippen LogP contribution in [0.25, 0.3) is 0 Å². The van der Waals surface area contributed by atoms with Crippen LogP contribution in [0, 0.1) is 18.8 Å². The van der Waals surface area contributed by atoms with Crippen LogP contribution in [0.15, 0.2) is 24.3 Å². The molecule has 0 aliphatic carbocycles. The summed E-state index contributed by atoms with van der Waals surface area (Å²) in [5.41, 5.74) is 2.16. The van der Waals surface area contributed by atoms with E-state index < -0.39 is 0 Å². The van der Waals surface area contributed by atoms with Crippen molar-refractivity contribution >= 4 is 17.4 Å². The molecular weight excluding hydrogens is 384 g/mol. The Bertz CT molecular complexity index is 883. The molecule has 0 spiro atoms. The first-order valence-electron chi connectivity index (χ1n) is 10.6. The monoisotopic (exact) mass is 412 g/mol. The van der Waals surface area contributed by atoms with Gasteiger partial charge in [0.1, 0.15) is 10.6 Å². The first-order valence-corrected chi connectivity index (χ1v) is 11.4. The van der Waals surface area contributed by atoms with Crippen molar-refractivity contribution in [3.63, 3.8) is 0 Å². The number of piperidine rings is 3. The minimum atomic E-state index is 0.128. The van der Waals surface area contributed by atoms with Crippen molar-refractivity contribution in [3.8, 4) is 5.75 Å². The SMILES string of the molecule is COc1ccc([C@H]2CCC[C@H]3[C@@H]4C[C@@H](CN(C(=O)c5snnc5C)C4)CN23)cc1. The minimum Gasteiger partial charge on any atom is -0.497 e. The van der Waals surface area contributed by atoms with Gasteiger partial charge in [0.2, 0.25) is 0 Å². The van der Waals surface area contributed by atoms with E-state index in [0.29, 0.717) is 28.8 Å². The van der Waals surface area contributed by atoms with Gasteiger partial charge in [-0.3, -0.25) is 9.69 Å². The smallest absolute Gasteiger partial charge is 0.267 e. The van der Waals surface area contributed by atoms with Crippen LogP contribution in [0.1, 0.15) is 52.7 Å². The summed E-state index contributed by atoms with van der Waals surface area (Å²) in [5.74, 6) is 2.16. The van der Waals surface area contributed by atoms with E-state index in [1.165, 1.54) is 42.8 Å². The van der Waals surface area contributed by atoms with Crippen molar-refractivity contribution in [2.24, 2.45) is 11.8 Å². The number of aromatic nitrogens is 2. The minimum absolute atomic E-state index is 0.128. The van der Waals surface area contributed by atoms with Gasteiger partial charge in [-0.05, 0) is 73.7 Å². The molecular formula is C22H28N4O2S. The molecule has 4 atom stereocenters. The van der Waals surface area contributed by atoms with E-state index >= 15 is 0 Å². The topological polar surface area (TPSA) is 58.6 Å². The molecule has 0 unspecified atom stereocenters. The normalized spacial score (nSPS) is 29.4. The predicted octanol–water partition coefficient (Wildman–Crippen LogP) is 3.54. The van der Waals surface area contributed by atoms with Crippen molar-refractivity contribution in [1.29, 1.82) is 0 Å². The summed E-state index contributed by atoms with van der Waals surface area (Å²) in [5, 5.41) is 4.03. The number of carbonyl (C=O) groups excluding carboxylic acids is 1. The Hall–Kier alpha value is -1.99. The molecule has 2 aromatic rings. The lowest BCUT2D eigenvalue weighted by molar-refractivity contribution is -0.0510. The Morgan fingerprint density at radius 2 is 2.00 bits per heavy atom. The second kappa shape index (κ2) is 7.69. The van der Waals surface area contributed by atoms with Crippen LogP contribution in [-0.4, -0.2) is 58.1 Å². The van der Waals surface area contributed by atoms with Crippen LogP contribution in [0.3, 0.4) is 0 Å².